The van der Waals surface area contributed by atoms with E-state index >= 15 is 0 Å². The molecule has 3 aromatic rings. The van der Waals surface area contributed by atoms with Crippen molar-refractivity contribution in [3.63, 3.8) is 0 Å². The van der Waals surface area contributed by atoms with E-state index in [4.69, 9.17) is 18.9 Å². The van der Waals surface area contributed by atoms with Gasteiger partial charge in [0.25, 0.3) is 0 Å². The van der Waals surface area contributed by atoms with E-state index in [0.29, 0.717) is 81.1 Å². The topological polar surface area (TPSA) is 167 Å². The minimum atomic E-state index is -0.763. The van der Waals surface area contributed by atoms with Gasteiger partial charge in [-0.1, -0.05) is 12.1 Å². The van der Waals surface area contributed by atoms with Gasteiger partial charge in [0.05, 0.1) is 37.4 Å². The molecule has 2 atom stereocenters. The van der Waals surface area contributed by atoms with Gasteiger partial charge in [0, 0.05) is 58.9 Å². The van der Waals surface area contributed by atoms with Gasteiger partial charge < -0.3 is 29.4 Å². The number of hydrogen-bond donors (Lipinski definition) is 2. The molecular weight excluding hydrogens is 658 g/mol. The van der Waals surface area contributed by atoms with Gasteiger partial charge in [-0.3, -0.25) is 29.1 Å². The maximum Gasteiger partial charge on any atom is 0.328 e. The Labute approximate surface area is 298 Å². The Morgan fingerprint density at radius 1 is 0.745 bits per heavy atom. The van der Waals surface area contributed by atoms with E-state index in [1.807, 2.05) is 19.2 Å². The number of rotatable bonds is 12. The molecule has 2 aromatic heterocycles. The maximum absolute atomic E-state index is 13.3. The Hall–Kier alpha value is -4.44. The maximum atomic E-state index is 13.3. The summed E-state index contributed by atoms with van der Waals surface area (Å²) in [4.78, 5) is 76.7. The number of nitrogens with one attached hydrogen (secondary N) is 2. The van der Waals surface area contributed by atoms with E-state index in [2.05, 4.69) is 30.2 Å². The smallest absolute Gasteiger partial charge is 0.328 e. The Bertz CT molecular complexity index is 1660. The lowest BCUT2D eigenvalue weighted by molar-refractivity contribution is -0.147. The number of ether oxygens (including phenoxy) is 2. The molecule has 0 saturated carbocycles. The van der Waals surface area contributed by atoms with Crippen LogP contribution in [-0.4, -0.2) is 146 Å². The van der Waals surface area contributed by atoms with E-state index in [1.165, 1.54) is 0 Å². The zero-order chi connectivity index (χ0) is 36.9. The fourth-order valence-corrected chi connectivity index (χ4v) is 5.78. The van der Waals surface area contributed by atoms with Crippen LogP contribution in [0.2, 0.25) is 0 Å². The standard InChI is InChI=1S/C36H51N7O8/c1-6-49-35(47)25(3)37-31(44)23-42-16-14-40(5)15-17-43(24-32(45)38-26(4)36(48)50-7-2)21-19-41(18-20-42)22-27-12-13-30-33(39-27)34(46)28-10-8-9-11-29(28)51-30/h8-13,25-26H,6-7,14-24H2,1-5H3,(H,37,44)(H,38,45). The van der Waals surface area contributed by atoms with Gasteiger partial charge in [-0.15, -0.1) is 0 Å². The number of esters is 2. The summed E-state index contributed by atoms with van der Waals surface area (Å²) in [6.45, 7) is 12.4. The number of nitrogens with zero attached hydrogens (tertiary/aromatic N) is 5. The van der Waals surface area contributed by atoms with Crippen LogP contribution in [0.4, 0.5) is 0 Å². The third-order valence-electron chi connectivity index (χ3n) is 8.70. The van der Waals surface area contributed by atoms with Crippen LogP contribution < -0.4 is 16.1 Å². The van der Waals surface area contributed by atoms with Crippen LogP contribution >= 0.6 is 0 Å². The number of benzene rings is 1. The van der Waals surface area contributed by atoms with E-state index in [1.54, 1.807) is 52.0 Å². The first-order valence-electron chi connectivity index (χ1n) is 17.6. The zero-order valence-corrected chi connectivity index (χ0v) is 30.3. The normalized spacial score (nSPS) is 17.2. The summed E-state index contributed by atoms with van der Waals surface area (Å²) in [7, 11) is 1.99. The molecule has 2 unspecified atom stereocenters. The van der Waals surface area contributed by atoms with Crippen LogP contribution in [0.3, 0.4) is 0 Å². The van der Waals surface area contributed by atoms with Crippen molar-refractivity contribution in [1.82, 2.24) is 35.2 Å². The van der Waals surface area contributed by atoms with Gasteiger partial charge in [0.2, 0.25) is 17.2 Å². The van der Waals surface area contributed by atoms with Crippen LogP contribution in [0.25, 0.3) is 22.1 Å². The van der Waals surface area contributed by atoms with Crippen LogP contribution in [0.1, 0.15) is 33.4 Å². The van der Waals surface area contributed by atoms with E-state index in [0.717, 1.165) is 0 Å². The summed E-state index contributed by atoms with van der Waals surface area (Å²) < 4.78 is 16.0. The number of amides is 2. The van der Waals surface area contributed by atoms with Crippen molar-refractivity contribution in [3.05, 3.63) is 52.3 Å². The van der Waals surface area contributed by atoms with E-state index < -0.39 is 24.0 Å². The second-order valence-electron chi connectivity index (χ2n) is 12.8. The number of pyridine rings is 1. The average molecular weight is 710 g/mol. The van der Waals surface area contributed by atoms with Gasteiger partial charge in [-0.25, -0.2) is 14.6 Å². The second-order valence-corrected chi connectivity index (χ2v) is 12.8. The van der Waals surface area contributed by atoms with Crippen molar-refractivity contribution in [1.29, 1.82) is 0 Å². The summed E-state index contributed by atoms with van der Waals surface area (Å²) in [5, 5.41) is 5.95. The van der Waals surface area contributed by atoms with Crippen molar-refractivity contribution in [2.75, 3.05) is 85.7 Å². The quantitative estimate of drug-likeness (QED) is 0.201. The van der Waals surface area contributed by atoms with Crippen molar-refractivity contribution in [2.45, 2.75) is 46.3 Å². The lowest BCUT2D eigenvalue weighted by atomic mass is 10.2. The largest absolute Gasteiger partial charge is 0.464 e. The highest BCUT2D eigenvalue weighted by Crippen LogP contribution is 2.18. The van der Waals surface area contributed by atoms with Crippen molar-refractivity contribution >= 4 is 45.8 Å². The monoisotopic (exact) mass is 709 g/mol. The molecule has 51 heavy (non-hydrogen) atoms. The van der Waals surface area contributed by atoms with Gasteiger partial charge in [-0.2, -0.15) is 0 Å². The van der Waals surface area contributed by atoms with Gasteiger partial charge in [-0.05, 0) is 59.0 Å². The number of aromatic nitrogens is 1. The third kappa shape index (κ3) is 11.8. The molecule has 4 rings (SSSR count). The van der Waals surface area contributed by atoms with Crippen LogP contribution in [0.5, 0.6) is 0 Å². The molecule has 1 saturated heterocycles. The van der Waals surface area contributed by atoms with Crippen molar-refractivity contribution < 1.29 is 33.1 Å². The Morgan fingerprint density at radius 2 is 1.25 bits per heavy atom. The molecule has 1 aliphatic rings. The number of likely N-dealkylation sites (N-methyl/N-ethyl adjacent to an activating group) is 1. The SMILES string of the molecule is CCOC(=O)C(C)NC(=O)CN1CCN(C)CCN(CC(=O)NC(C)C(=O)OCC)CCN(Cc2ccc3oc4ccccc4c(=O)c3n2)CC1. The molecule has 1 aliphatic heterocycles. The Balaban J connectivity index is 1.52. The molecule has 278 valence electrons. The Kier molecular flexibility index (Phi) is 14.8. The minimum Gasteiger partial charge on any atom is -0.464 e. The summed E-state index contributed by atoms with van der Waals surface area (Å²) in [5.74, 6) is -1.52. The first kappa shape index (κ1) is 39.3. The highest BCUT2D eigenvalue weighted by atomic mass is 16.5. The molecule has 15 heteroatoms. The highest BCUT2D eigenvalue weighted by Gasteiger charge is 2.23. The molecule has 0 radical (unpaired) electrons. The fraction of sp³-hybridized carbons (Fsp3) is 0.556. The molecule has 1 fully saturated rings. The Morgan fingerprint density at radius 3 is 1.80 bits per heavy atom. The van der Waals surface area contributed by atoms with Crippen molar-refractivity contribution in [3.8, 4) is 0 Å². The van der Waals surface area contributed by atoms with Crippen molar-refractivity contribution in [2.24, 2.45) is 0 Å². The van der Waals surface area contributed by atoms with Crippen LogP contribution in [-0.2, 0) is 35.2 Å². The molecule has 15 nitrogen and oxygen atoms in total. The lowest BCUT2D eigenvalue weighted by Crippen LogP contribution is -2.50. The minimum absolute atomic E-state index is 0.0959. The van der Waals surface area contributed by atoms with E-state index in [9.17, 15) is 24.0 Å². The molecule has 3 heterocycles. The molecule has 0 aliphatic carbocycles. The molecule has 2 N–H and O–H groups in total. The zero-order valence-electron chi connectivity index (χ0n) is 30.3. The summed E-state index contributed by atoms with van der Waals surface area (Å²) in [6.07, 6.45) is 0. The third-order valence-corrected chi connectivity index (χ3v) is 8.70. The predicted molar refractivity (Wildman–Crippen MR) is 192 cm³/mol. The fourth-order valence-electron chi connectivity index (χ4n) is 5.78. The summed E-state index contributed by atoms with van der Waals surface area (Å²) in [5.41, 5.74) is 1.64. The lowest BCUT2D eigenvalue weighted by Gasteiger charge is -2.33. The second kappa shape index (κ2) is 19.2. The molecule has 0 spiro atoms. The number of carbonyl (C=O) groups excluding carboxylic acids is 4. The van der Waals surface area contributed by atoms with Crippen LogP contribution in [0, 0.1) is 0 Å². The molecule has 2 amide bonds. The molecular formula is C36H51N7O8. The van der Waals surface area contributed by atoms with Gasteiger partial charge in [0.15, 0.2) is 11.1 Å². The first-order valence-corrected chi connectivity index (χ1v) is 17.6. The van der Waals surface area contributed by atoms with Gasteiger partial charge >= 0.3 is 11.9 Å². The summed E-state index contributed by atoms with van der Waals surface area (Å²) >= 11 is 0. The number of para-hydroxylation sites is 1. The van der Waals surface area contributed by atoms with E-state index in [-0.39, 0.29) is 49.1 Å². The number of hydrogen-bond acceptors (Lipinski definition) is 13. The first-order chi connectivity index (χ1) is 24.5. The summed E-state index contributed by atoms with van der Waals surface area (Å²) in [6, 6.07) is 9.16. The van der Waals surface area contributed by atoms with Gasteiger partial charge in [0.1, 0.15) is 17.7 Å². The van der Waals surface area contributed by atoms with Crippen LogP contribution in [0.15, 0.2) is 45.6 Å². The molecule has 0 bridgehead atoms. The predicted octanol–water partition coefficient (Wildman–Crippen LogP) is 0.828. The molecule has 1 aromatic carbocycles. The highest BCUT2D eigenvalue weighted by molar-refractivity contribution is 5.88. The average Bonchev–Trinajstić information content (AvgIpc) is 3.10. The number of carbonyl (C=O) groups is 4. The number of fused-ring (bicyclic) bond motifs is 2.